The van der Waals surface area contributed by atoms with E-state index >= 15 is 0 Å². The fourth-order valence-electron chi connectivity index (χ4n) is 4.73. The molecule has 13 heteroatoms. The number of ether oxygens (including phenoxy) is 3. The number of fused-ring (bicyclic) bond motifs is 1. The van der Waals surface area contributed by atoms with Crippen LogP contribution in [0.15, 0.2) is 69.6 Å². The summed E-state index contributed by atoms with van der Waals surface area (Å²) in [6.45, 7) is 2.82. The molecule has 0 spiro atoms. The number of nitrogens with zero attached hydrogens (tertiary/aromatic N) is 2. The Morgan fingerprint density at radius 3 is 2.34 bits per heavy atom. The monoisotopic (exact) mass is 630 g/mol. The van der Waals surface area contributed by atoms with Crippen molar-refractivity contribution >= 4 is 23.4 Å². The zero-order chi connectivity index (χ0) is 31.7. The minimum atomic E-state index is -1.69. The average Bonchev–Trinajstić information content (AvgIpc) is 3.29. The Hall–Kier alpha value is -4.78. The highest BCUT2D eigenvalue weighted by atomic mass is 32.1. The standard InChI is InChI=1S/C31H23F5N2O5S/c1-4-42-30(40)24-15(2)37-31-38(27(24)17-6-8-19(32)9-7-17)29(39)23(44-31)12-16-5-10-22(41-3)18(11-16)14-43-28-25(35)20(33)13-21(34)26(28)36/h5-13,27H,4,14H2,1-3H3/t27-/m1/s1. The van der Waals surface area contributed by atoms with E-state index in [1.165, 1.54) is 54.2 Å². The number of carbonyl (C=O) groups excluding carboxylic acids is 1. The highest BCUT2D eigenvalue weighted by molar-refractivity contribution is 7.07. The van der Waals surface area contributed by atoms with Crippen molar-refractivity contribution in [2.45, 2.75) is 26.5 Å². The van der Waals surface area contributed by atoms with Gasteiger partial charge >= 0.3 is 5.97 Å². The molecule has 0 bridgehead atoms. The molecule has 0 amide bonds. The van der Waals surface area contributed by atoms with E-state index in [1.807, 2.05) is 0 Å². The zero-order valence-corrected chi connectivity index (χ0v) is 24.2. The van der Waals surface area contributed by atoms with Crippen molar-refractivity contribution in [3.8, 4) is 11.5 Å². The summed E-state index contributed by atoms with van der Waals surface area (Å²) in [6.07, 6.45) is 1.53. The third-order valence-corrected chi connectivity index (χ3v) is 7.73. The number of thiazole rings is 1. The lowest BCUT2D eigenvalue weighted by Gasteiger charge is -2.24. The molecule has 0 unspecified atom stereocenters. The van der Waals surface area contributed by atoms with Crippen molar-refractivity contribution in [2.75, 3.05) is 13.7 Å². The molecule has 7 nitrogen and oxygen atoms in total. The van der Waals surface area contributed by atoms with E-state index in [9.17, 15) is 31.5 Å². The van der Waals surface area contributed by atoms with E-state index in [0.717, 1.165) is 11.3 Å². The van der Waals surface area contributed by atoms with Gasteiger partial charge in [-0.3, -0.25) is 9.36 Å². The first-order chi connectivity index (χ1) is 21.0. The fraction of sp³-hybridized carbons (Fsp3) is 0.194. The molecule has 0 aliphatic carbocycles. The molecule has 2 heterocycles. The van der Waals surface area contributed by atoms with Gasteiger partial charge in [0.05, 0.1) is 35.6 Å². The van der Waals surface area contributed by atoms with Crippen LogP contribution in [-0.4, -0.2) is 24.3 Å². The van der Waals surface area contributed by atoms with Gasteiger partial charge in [-0.15, -0.1) is 0 Å². The molecule has 0 saturated heterocycles. The minimum absolute atomic E-state index is 0.0759. The molecule has 228 valence electrons. The predicted molar refractivity (Wildman–Crippen MR) is 150 cm³/mol. The summed E-state index contributed by atoms with van der Waals surface area (Å²) in [4.78, 5) is 31.5. The number of aromatic nitrogens is 1. The molecule has 1 aliphatic heterocycles. The van der Waals surface area contributed by atoms with Crippen LogP contribution in [0.3, 0.4) is 0 Å². The average molecular weight is 631 g/mol. The van der Waals surface area contributed by atoms with Crippen LogP contribution in [0, 0.1) is 29.1 Å². The second kappa shape index (κ2) is 12.4. The zero-order valence-electron chi connectivity index (χ0n) is 23.4. The van der Waals surface area contributed by atoms with Crippen LogP contribution in [0.4, 0.5) is 22.0 Å². The van der Waals surface area contributed by atoms with Gasteiger partial charge in [-0.1, -0.05) is 29.5 Å². The molecule has 4 aromatic rings. The number of rotatable bonds is 8. The molecule has 1 aliphatic rings. The van der Waals surface area contributed by atoms with Crippen molar-refractivity contribution in [1.82, 2.24) is 4.57 Å². The number of benzene rings is 3. The van der Waals surface area contributed by atoms with Crippen LogP contribution in [0.5, 0.6) is 11.5 Å². The quantitative estimate of drug-likeness (QED) is 0.154. The number of carbonyl (C=O) groups is 1. The number of hydrogen-bond acceptors (Lipinski definition) is 7. The normalized spacial score (nSPS) is 14.7. The van der Waals surface area contributed by atoms with Gasteiger partial charge < -0.3 is 14.2 Å². The van der Waals surface area contributed by atoms with Crippen LogP contribution in [0.25, 0.3) is 6.08 Å². The molecule has 0 saturated carbocycles. The summed E-state index contributed by atoms with van der Waals surface area (Å²) in [5, 5.41) is 0. The Morgan fingerprint density at radius 2 is 1.70 bits per heavy atom. The first kappa shape index (κ1) is 30.7. The molecule has 0 N–H and O–H groups in total. The largest absolute Gasteiger partial charge is 0.496 e. The summed E-state index contributed by atoms with van der Waals surface area (Å²) in [5.74, 6) is -8.74. The van der Waals surface area contributed by atoms with Gasteiger partial charge in [0.2, 0.25) is 11.6 Å². The summed E-state index contributed by atoms with van der Waals surface area (Å²) in [6, 6.07) is 9.16. The van der Waals surface area contributed by atoms with Crippen LogP contribution < -0.4 is 24.4 Å². The third kappa shape index (κ3) is 5.74. The van der Waals surface area contributed by atoms with E-state index < -0.39 is 59.0 Å². The van der Waals surface area contributed by atoms with Gasteiger partial charge in [0, 0.05) is 11.6 Å². The number of methoxy groups -OCH3 is 1. The molecule has 3 aromatic carbocycles. The van der Waals surface area contributed by atoms with E-state index in [0.29, 0.717) is 16.8 Å². The molecule has 1 aromatic heterocycles. The second-order valence-corrected chi connectivity index (χ2v) is 10.5. The first-order valence-electron chi connectivity index (χ1n) is 13.1. The van der Waals surface area contributed by atoms with Gasteiger partial charge in [-0.05, 0) is 55.3 Å². The summed E-state index contributed by atoms with van der Waals surface area (Å²) >= 11 is 1.05. The Balaban J connectivity index is 1.58. The molecule has 1 atom stereocenters. The second-order valence-electron chi connectivity index (χ2n) is 9.51. The van der Waals surface area contributed by atoms with Crippen LogP contribution in [-0.2, 0) is 16.1 Å². The summed E-state index contributed by atoms with van der Waals surface area (Å²) in [5.41, 5.74) is 1.14. The minimum Gasteiger partial charge on any atom is -0.496 e. The highest BCUT2D eigenvalue weighted by Crippen LogP contribution is 2.31. The van der Waals surface area contributed by atoms with Crippen molar-refractivity contribution in [3.05, 3.63) is 125 Å². The maximum Gasteiger partial charge on any atom is 0.338 e. The third-order valence-electron chi connectivity index (χ3n) is 6.75. The van der Waals surface area contributed by atoms with Crippen LogP contribution in [0.1, 0.15) is 36.6 Å². The van der Waals surface area contributed by atoms with E-state index in [-0.39, 0.29) is 38.9 Å². The van der Waals surface area contributed by atoms with Crippen molar-refractivity contribution < 1.29 is 41.0 Å². The van der Waals surface area contributed by atoms with Gasteiger partial charge in [-0.25, -0.2) is 23.0 Å². The molecule has 0 fully saturated rings. The van der Waals surface area contributed by atoms with Crippen LogP contribution in [0.2, 0.25) is 0 Å². The molecular weight excluding hydrogens is 607 g/mol. The van der Waals surface area contributed by atoms with Crippen molar-refractivity contribution in [3.63, 3.8) is 0 Å². The predicted octanol–water partition coefficient (Wildman–Crippen LogP) is 5.08. The van der Waals surface area contributed by atoms with Crippen molar-refractivity contribution in [2.24, 2.45) is 4.99 Å². The van der Waals surface area contributed by atoms with Gasteiger partial charge in [-0.2, -0.15) is 8.78 Å². The van der Waals surface area contributed by atoms with Crippen molar-refractivity contribution in [1.29, 1.82) is 0 Å². The number of hydrogen-bond donors (Lipinski definition) is 0. The fourth-order valence-corrected chi connectivity index (χ4v) is 5.78. The summed E-state index contributed by atoms with van der Waals surface area (Å²) in [7, 11) is 1.35. The number of halogens is 5. The van der Waals surface area contributed by atoms with Gasteiger partial charge in [0.1, 0.15) is 18.2 Å². The Labute approximate surface area is 250 Å². The smallest absolute Gasteiger partial charge is 0.338 e. The van der Waals surface area contributed by atoms with Gasteiger partial charge in [0.15, 0.2) is 22.2 Å². The maximum atomic E-state index is 14.1. The molecule has 5 rings (SSSR count). The lowest BCUT2D eigenvalue weighted by atomic mass is 9.96. The van der Waals surface area contributed by atoms with Crippen LogP contribution >= 0.6 is 11.3 Å². The van der Waals surface area contributed by atoms with E-state index in [1.54, 1.807) is 19.9 Å². The molecular formula is C31H23F5N2O5S. The number of esters is 1. The molecule has 0 radical (unpaired) electrons. The van der Waals surface area contributed by atoms with E-state index in [4.69, 9.17) is 14.2 Å². The first-order valence-corrected chi connectivity index (χ1v) is 13.9. The number of allylic oxidation sites excluding steroid dienone is 1. The molecule has 44 heavy (non-hydrogen) atoms. The highest BCUT2D eigenvalue weighted by Gasteiger charge is 2.33. The maximum absolute atomic E-state index is 14.1. The van der Waals surface area contributed by atoms with E-state index in [2.05, 4.69) is 4.99 Å². The lowest BCUT2D eigenvalue weighted by Crippen LogP contribution is -2.39. The topological polar surface area (TPSA) is 79.1 Å². The Morgan fingerprint density at radius 1 is 1.02 bits per heavy atom. The lowest BCUT2D eigenvalue weighted by molar-refractivity contribution is -0.139. The Kier molecular flexibility index (Phi) is 8.68. The summed E-state index contributed by atoms with van der Waals surface area (Å²) < 4.78 is 86.5. The SMILES string of the molecule is CCOC(=O)C1=C(C)N=c2sc(=Cc3ccc(OC)c(COc4c(F)c(F)cc(F)c4F)c3)c(=O)n2[C@@H]1c1ccc(F)cc1. The van der Waals surface area contributed by atoms with Gasteiger partial charge in [0.25, 0.3) is 5.56 Å². The Bertz CT molecular complexity index is 1960.